The molecule has 160 valence electrons. The summed E-state index contributed by atoms with van der Waals surface area (Å²) in [7, 11) is -3.65. The van der Waals surface area contributed by atoms with Crippen molar-refractivity contribution in [2.75, 3.05) is 23.7 Å². The van der Waals surface area contributed by atoms with Crippen LogP contribution in [0.3, 0.4) is 0 Å². The molecule has 0 fully saturated rings. The molecule has 0 unspecified atom stereocenters. The fraction of sp³-hybridized carbons (Fsp3) is 0.350. The zero-order valence-electron chi connectivity index (χ0n) is 17.3. The summed E-state index contributed by atoms with van der Waals surface area (Å²) in [5.74, 6) is 0.417. The topological polar surface area (TPSA) is 96.6 Å². The van der Waals surface area contributed by atoms with Gasteiger partial charge < -0.3 is 9.42 Å². The number of likely N-dealkylation sites (N-methyl/N-ethyl adjacent to an activating group) is 1. The Morgan fingerprint density at radius 1 is 1.20 bits per heavy atom. The molecule has 3 aromatic rings. The van der Waals surface area contributed by atoms with Gasteiger partial charge in [-0.1, -0.05) is 17.3 Å². The van der Waals surface area contributed by atoms with Gasteiger partial charge in [-0.3, -0.25) is 9.10 Å². The average Bonchev–Trinajstić information content (AvgIpc) is 3.33. The summed E-state index contributed by atoms with van der Waals surface area (Å²) in [6.45, 7) is 5.77. The largest absolute Gasteiger partial charge is 0.337 e. The van der Waals surface area contributed by atoms with Crippen molar-refractivity contribution in [2.24, 2.45) is 0 Å². The molecule has 3 rings (SSSR count). The van der Waals surface area contributed by atoms with Gasteiger partial charge in [-0.05, 0) is 55.5 Å². The van der Waals surface area contributed by atoms with Crippen molar-refractivity contribution in [3.05, 3.63) is 52.7 Å². The van der Waals surface area contributed by atoms with Crippen molar-refractivity contribution in [3.8, 4) is 10.7 Å². The molecule has 30 heavy (non-hydrogen) atoms. The number of amides is 1. The minimum atomic E-state index is -3.65. The summed E-state index contributed by atoms with van der Waals surface area (Å²) in [5.41, 5.74) is 2.31. The fourth-order valence-corrected chi connectivity index (χ4v) is 4.56. The quantitative estimate of drug-likeness (QED) is 0.525. The van der Waals surface area contributed by atoms with Crippen LogP contribution in [0.25, 0.3) is 10.7 Å². The van der Waals surface area contributed by atoms with E-state index >= 15 is 0 Å². The lowest BCUT2D eigenvalue weighted by Crippen LogP contribution is -2.42. The molecule has 0 N–H and O–H groups in total. The highest BCUT2D eigenvalue weighted by atomic mass is 32.2. The Kier molecular flexibility index (Phi) is 6.57. The van der Waals surface area contributed by atoms with E-state index in [1.165, 1.54) is 16.2 Å². The first-order valence-corrected chi connectivity index (χ1v) is 12.1. The van der Waals surface area contributed by atoms with Gasteiger partial charge in [0.15, 0.2) is 0 Å². The Hall–Kier alpha value is -2.72. The monoisotopic (exact) mass is 448 g/mol. The lowest BCUT2D eigenvalue weighted by molar-refractivity contribution is -0.130. The second-order valence-electron chi connectivity index (χ2n) is 7.01. The molecule has 0 aliphatic rings. The lowest BCUT2D eigenvalue weighted by Gasteiger charge is -2.26. The predicted octanol–water partition coefficient (Wildman–Crippen LogP) is 3.23. The van der Waals surface area contributed by atoms with E-state index in [9.17, 15) is 13.2 Å². The Labute approximate surface area is 180 Å². The smallest absolute Gasteiger partial charge is 0.246 e. The third kappa shape index (κ3) is 5.25. The summed E-state index contributed by atoms with van der Waals surface area (Å²) >= 11 is 1.49. The molecule has 0 saturated carbocycles. The van der Waals surface area contributed by atoms with E-state index in [0.29, 0.717) is 23.9 Å². The molecule has 1 aromatic carbocycles. The van der Waals surface area contributed by atoms with Gasteiger partial charge in [0.25, 0.3) is 0 Å². The third-order valence-electron chi connectivity index (χ3n) is 4.44. The molecule has 2 aromatic heterocycles. The molecule has 0 aliphatic heterocycles. The molecule has 0 aliphatic carbocycles. The molecule has 1 amide bonds. The van der Waals surface area contributed by atoms with Gasteiger partial charge >= 0.3 is 0 Å². The summed E-state index contributed by atoms with van der Waals surface area (Å²) in [5, 5.41) is 5.87. The van der Waals surface area contributed by atoms with Crippen molar-refractivity contribution in [3.63, 3.8) is 0 Å². The molecule has 0 radical (unpaired) electrons. The van der Waals surface area contributed by atoms with Crippen molar-refractivity contribution >= 4 is 33.0 Å². The highest BCUT2D eigenvalue weighted by Crippen LogP contribution is 2.23. The van der Waals surface area contributed by atoms with Crippen LogP contribution < -0.4 is 4.31 Å². The van der Waals surface area contributed by atoms with Crippen LogP contribution in [0.15, 0.2) is 40.2 Å². The van der Waals surface area contributed by atoms with E-state index in [1.807, 2.05) is 44.4 Å². The van der Waals surface area contributed by atoms with Crippen LogP contribution in [0, 0.1) is 13.8 Å². The van der Waals surface area contributed by atoms with E-state index < -0.39 is 10.0 Å². The normalized spacial score (nSPS) is 11.5. The number of aryl methyl sites for hydroxylation is 2. The molecule has 0 bridgehead atoms. The summed E-state index contributed by atoms with van der Waals surface area (Å²) < 4.78 is 31.2. The molecule has 2 heterocycles. The van der Waals surface area contributed by atoms with Crippen molar-refractivity contribution in [1.29, 1.82) is 0 Å². The molecule has 0 spiro atoms. The zero-order chi connectivity index (χ0) is 21.9. The molecule has 10 heteroatoms. The first-order valence-electron chi connectivity index (χ1n) is 9.37. The predicted molar refractivity (Wildman–Crippen MR) is 117 cm³/mol. The number of carbonyl (C=O) groups is 1. The zero-order valence-corrected chi connectivity index (χ0v) is 19.0. The Balaban J connectivity index is 1.78. The summed E-state index contributed by atoms with van der Waals surface area (Å²) in [4.78, 5) is 19.7. The van der Waals surface area contributed by atoms with Gasteiger partial charge in [-0.2, -0.15) is 4.98 Å². The number of benzene rings is 1. The average molecular weight is 449 g/mol. The van der Waals surface area contributed by atoms with E-state index in [1.54, 1.807) is 12.1 Å². The van der Waals surface area contributed by atoms with E-state index in [4.69, 9.17) is 4.52 Å². The molecule has 0 saturated heterocycles. The second-order valence-corrected chi connectivity index (χ2v) is 9.87. The Morgan fingerprint density at radius 3 is 2.47 bits per heavy atom. The van der Waals surface area contributed by atoms with Crippen LogP contribution in [0.5, 0.6) is 0 Å². The molecular weight excluding hydrogens is 424 g/mol. The number of hydrogen-bond acceptors (Lipinski definition) is 7. The van der Waals surface area contributed by atoms with E-state index in [-0.39, 0.29) is 19.0 Å². The molecule has 8 nitrogen and oxygen atoms in total. The van der Waals surface area contributed by atoms with Gasteiger partial charge in [0.2, 0.25) is 27.6 Å². The van der Waals surface area contributed by atoms with Gasteiger partial charge in [0.1, 0.15) is 13.1 Å². The number of rotatable bonds is 8. The second kappa shape index (κ2) is 8.97. The maximum Gasteiger partial charge on any atom is 0.246 e. The highest BCUT2D eigenvalue weighted by Gasteiger charge is 2.25. The molecular formula is C20H24N4O4S2. The van der Waals surface area contributed by atoms with Gasteiger partial charge in [-0.15, -0.1) is 11.3 Å². The number of aromatic nitrogens is 2. The number of sulfonamides is 1. The Bertz CT molecular complexity index is 1100. The van der Waals surface area contributed by atoms with E-state index in [0.717, 1.165) is 26.6 Å². The maximum atomic E-state index is 12.9. The number of anilines is 1. The summed E-state index contributed by atoms with van der Waals surface area (Å²) in [6, 6.07) is 9.23. The van der Waals surface area contributed by atoms with Crippen molar-refractivity contribution < 1.29 is 17.7 Å². The van der Waals surface area contributed by atoms with Crippen LogP contribution in [0.1, 0.15) is 23.9 Å². The van der Waals surface area contributed by atoms with Crippen LogP contribution >= 0.6 is 11.3 Å². The van der Waals surface area contributed by atoms with Crippen LogP contribution in [-0.4, -0.2) is 48.7 Å². The minimum Gasteiger partial charge on any atom is -0.337 e. The van der Waals surface area contributed by atoms with Crippen LogP contribution in [0.4, 0.5) is 5.69 Å². The minimum absolute atomic E-state index is 0.109. The lowest BCUT2D eigenvalue weighted by atomic mass is 10.1. The first kappa shape index (κ1) is 22.0. The fourth-order valence-electron chi connectivity index (χ4n) is 3.08. The SMILES string of the molecule is CCN(Cc1nc(-c2cccs2)no1)C(=O)CN(c1cc(C)cc(C)c1)S(C)(=O)=O. The number of carbonyl (C=O) groups excluding carboxylic acids is 1. The third-order valence-corrected chi connectivity index (χ3v) is 6.45. The highest BCUT2D eigenvalue weighted by molar-refractivity contribution is 7.92. The van der Waals surface area contributed by atoms with E-state index in [2.05, 4.69) is 10.1 Å². The number of hydrogen-bond donors (Lipinski definition) is 0. The van der Waals surface area contributed by atoms with Crippen LogP contribution in [-0.2, 0) is 21.4 Å². The number of nitrogens with zero attached hydrogens (tertiary/aromatic N) is 4. The van der Waals surface area contributed by atoms with Gasteiger partial charge in [0, 0.05) is 6.54 Å². The Morgan fingerprint density at radius 2 is 1.90 bits per heavy atom. The van der Waals surface area contributed by atoms with Crippen molar-refractivity contribution in [2.45, 2.75) is 27.3 Å². The van der Waals surface area contributed by atoms with Gasteiger partial charge in [-0.25, -0.2) is 8.42 Å². The van der Waals surface area contributed by atoms with Crippen molar-refractivity contribution in [1.82, 2.24) is 15.0 Å². The number of thiophene rings is 1. The van der Waals surface area contributed by atoms with Gasteiger partial charge in [0.05, 0.1) is 16.8 Å². The first-order chi connectivity index (χ1) is 14.2. The summed E-state index contributed by atoms with van der Waals surface area (Å²) in [6.07, 6.45) is 1.10. The molecule has 0 atom stereocenters. The maximum absolute atomic E-state index is 12.9. The standard InChI is InChI=1S/C20H24N4O4S2/c1-5-23(12-18-21-20(22-28-18)17-7-6-8-29-17)19(25)13-24(30(4,26)27)16-10-14(2)9-15(3)11-16/h6-11H,5,12-13H2,1-4H3. The van der Waals surface area contributed by atoms with Crippen LogP contribution in [0.2, 0.25) is 0 Å².